The van der Waals surface area contributed by atoms with Crippen LogP contribution in [0, 0.1) is 13.8 Å². The van der Waals surface area contributed by atoms with Gasteiger partial charge in [0.1, 0.15) is 0 Å². The van der Waals surface area contributed by atoms with Crippen LogP contribution < -0.4 is 11.1 Å². The predicted molar refractivity (Wildman–Crippen MR) is 93.2 cm³/mol. The number of guanidine groups is 1. The molecule has 0 saturated carbocycles. The zero-order valence-corrected chi connectivity index (χ0v) is 14.6. The molecule has 0 unspecified atom stereocenters. The molecular formula is C16H30N4S. The maximum atomic E-state index is 5.87. The largest absolute Gasteiger partial charge is 0.370 e. The number of unbranched alkanes of at least 4 members (excludes halogenated alkanes) is 5. The van der Waals surface area contributed by atoms with Crippen LogP contribution >= 0.6 is 11.3 Å². The quantitative estimate of drug-likeness (QED) is 0.394. The van der Waals surface area contributed by atoms with Gasteiger partial charge in [0.05, 0.1) is 10.7 Å². The van der Waals surface area contributed by atoms with Gasteiger partial charge in [-0.2, -0.15) is 0 Å². The van der Waals surface area contributed by atoms with E-state index in [1.54, 1.807) is 11.3 Å². The van der Waals surface area contributed by atoms with Gasteiger partial charge in [-0.25, -0.2) is 4.98 Å². The summed E-state index contributed by atoms with van der Waals surface area (Å²) >= 11 is 1.77. The van der Waals surface area contributed by atoms with E-state index in [1.807, 2.05) is 6.92 Å². The van der Waals surface area contributed by atoms with Gasteiger partial charge >= 0.3 is 0 Å². The van der Waals surface area contributed by atoms with Crippen molar-refractivity contribution in [2.24, 2.45) is 10.7 Å². The second-order valence-corrected chi connectivity index (χ2v) is 6.74. The minimum Gasteiger partial charge on any atom is -0.370 e. The first-order valence-electron chi connectivity index (χ1n) is 8.10. The molecule has 0 aliphatic heterocycles. The zero-order chi connectivity index (χ0) is 15.5. The second-order valence-electron chi connectivity index (χ2n) is 5.45. The molecule has 0 amide bonds. The lowest BCUT2D eigenvalue weighted by molar-refractivity contribution is 0.611. The molecule has 0 fully saturated rings. The Morgan fingerprint density at radius 2 is 1.90 bits per heavy atom. The predicted octanol–water partition coefficient (Wildman–Crippen LogP) is 3.57. The zero-order valence-electron chi connectivity index (χ0n) is 13.7. The molecule has 0 atom stereocenters. The molecule has 0 aliphatic carbocycles. The number of hydrogen-bond acceptors (Lipinski definition) is 3. The number of nitrogens with two attached hydrogens (primary N) is 1. The van der Waals surface area contributed by atoms with E-state index in [0.717, 1.165) is 36.6 Å². The van der Waals surface area contributed by atoms with Crippen molar-refractivity contribution in [1.29, 1.82) is 0 Å². The van der Waals surface area contributed by atoms with Crippen molar-refractivity contribution >= 4 is 17.3 Å². The van der Waals surface area contributed by atoms with Gasteiger partial charge in [-0.1, -0.05) is 39.0 Å². The van der Waals surface area contributed by atoms with Crippen molar-refractivity contribution in [3.05, 3.63) is 15.6 Å². The lowest BCUT2D eigenvalue weighted by Gasteiger charge is -2.05. The first-order chi connectivity index (χ1) is 10.1. The summed E-state index contributed by atoms with van der Waals surface area (Å²) in [6, 6.07) is 0. The van der Waals surface area contributed by atoms with E-state index in [4.69, 9.17) is 5.73 Å². The highest BCUT2D eigenvalue weighted by Gasteiger charge is 2.04. The highest BCUT2D eigenvalue weighted by atomic mass is 32.1. The van der Waals surface area contributed by atoms with Crippen molar-refractivity contribution in [3.8, 4) is 0 Å². The molecule has 1 rings (SSSR count). The van der Waals surface area contributed by atoms with E-state index in [-0.39, 0.29) is 0 Å². The monoisotopic (exact) mass is 310 g/mol. The summed E-state index contributed by atoms with van der Waals surface area (Å²) in [6.45, 7) is 8.02. The van der Waals surface area contributed by atoms with Gasteiger partial charge in [-0.15, -0.1) is 11.3 Å². The molecular weight excluding hydrogens is 280 g/mol. The SMILES string of the molecule is CCCCCCCCN=C(N)NCCc1sc(C)nc1C. The highest BCUT2D eigenvalue weighted by molar-refractivity contribution is 7.11. The van der Waals surface area contributed by atoms with Crippen LogP contribution in [0.5, 0.6) is 0 Å². The Balaban J connectivity index is 2.08. The molecule has 1 heterocycles. The molecule has 21 heavy (non-hydrogen) atoms. The third-order valence-electron chi connectivity index (χ3n) is 3.45. The number of thiazole rings is 1. The van der Waals surface area contributed by atoms with Crippen LogP contribution in [-0.4, -0.2) is 24.0 Å². The molecule has 0 spiro atoms. The molecule has 5 heteroatoms. The Kier molecular flexibility index (Phi) is 9.06. The van der Waals surface area contributed by atoms with Gasteiger partial charge in [0.15, 0.2) is 5.96 Å². The van der Waals surface area contributed by atoms with Crippen LogP contribution in [0.2, 0.25) is 0 Å². The summed E-state index contributed by atoms with van der Waals surface area (Å²) in [4.78, 5) is 10.1. The minimum absolute atomic E-state index is 0.572. The fraction of sp³-hybridized carbons (Fsp3) is 0.750. The molecule has 0 radical (unpaired) electrons. The van der Waals surface area contributed by atoms with Gasteiger partial charge < -0.3 is 11.1 Å². The fourth-order valence-corrected chi connectivity index (χ4v) is 3.19. The third-order valence-corrected chi connectivity index (χ3v) is 4.58. The Hall–Kier alpha value is -1.10. The van der Waals surface area contributed by atoms with Crippen LogP contribution in [0.1, 0.15) is 61.0 Å². The van der Waals surface area contributed by atoms with Crippen molar-refractivity contribution in [2.45, 2.75) is 65.7 Å². The Morgan fingerprint density at radius 3 is 2.57 bits per heavy atom. The Bertz CT molecular complexity index is 426. The smallest absolute Gasteiger partial charge is 0.188 e. The summed E-state index contributed by atoms with van der Waals surface area (Å²) in [5.74, 6) is 0.572. The molecule has 4 nitrogen and oxygen atoms in total. The number of aryl methyl sites for hydroxylation is 2. The number of aliphatic imine (C=N–C) groups is 1. The van der Waals surface area contributed by atoms with Gasteiger partial charge in [0.25, 0.3) is 0 Å². The highest BCUT2D eigenvalue weighted by Crippen LogP contribution is 2.16. The molecule has 1 aromatic rings. The number of aromatic nitrogens is 1. The van der Waals surface area contributed by atoms with Crippen molar-refractivity contribution in [3.63, 3.8) is 0 Å². The molecule has 0 aliphatic rings. The molecule has 0 aromatic carbocycles. The topological polar surface area (TPSA) is 63.3 Å². The minimum atomic E-state index is 0.572. The molecule has 1 aromatic heterocycles. The van der Waals surface area contributed by atoms with E-state index in [9.17, 15) is 0 Å². The third kappa shape index (κ3) is 8.05. The van der Waals surface area contributed by atoms with Gasteiger partial charge in [-0.05, 0) is 20.3 Å². The summed E-state index contributed by atoms with van der Waals surface area (Å²) in [7, 11) is 0. The van der Waals surface area contributed by atoms with Crippen LogP contribution in [0.25, 0.3) is 0 Å². The van der Waals surface area contributed by atoms with Crippen molar-refractivity contribution in [1.82, 2.24) is 10.3 Å². The number of hydrogen-bond donors (Lipinski definition) is 2. The van der Waals surface area contributed by atoms with E-state index >= 15 is 0 Å². The summed E-state index contributed by atoms with van der Waals surface area (Å²) in [5, 5.41) is 4.32. The molecule has 0 saturated heterocycles. The molecule has 120 valence electrons. The molecule has 3 N–H and O–H groups in total. The average molecular weight is 311 g/mol. The Labute approximate surface area is 133 Å². The van der Waals surface area contributed by atoms with E-state index in [2.05, 4.69) is 29.1 Å². The first-order valence-corrected chi connectivity index (χ1v) is 8.91. The summed E-state index contributed by atoms with van der Waals surface area (Å²) in [5.41, 5.74) is 7.01. The lowest BCUT2D eigenvalue weighted by Crippen LogP contribution is -2.33. The average Bonchev–Trinajstić information content (AvgIpc) is 2.76. The van der Waals surface area contributed by atoms with E-state index in [1.165, 1.54) is 37.0 Å². The van der Waals surface area contributed by atoms with Crippen molar-refractivity contribution in [2.75, 3.05) is 13.1 Å². The van der Waals surface area contributed by atoms with Gasteiger partial charge in [0, 0.05) is 24.4 Å². The maximum Gasteiger partial charge on any atom is 0.188 e. The van der Waals surface area contributed by atoms with E-state index in [0.29, 0.717) is 5.96 Å². The van der Waals surface area contributed by atoms with E-state index < -0.39 is 0 Å². The summed E-state index contributed by atoms with van der Waals surface area (Å²) in [6.07, 6.45) is 8.68. The standard InChI is InChI=1S/C16H30N4S/c1-4-5-6-7-8-9-11-18-16(17)19-12-10-15-13(2)20-14(3)21-15/h4-12H2,1-3H3,(H3,17,18,19). The number of nitrogens with one attached hydrogen (secondary N) is 1. The number of nitrogens with zero attached hydrogens (tertiary/aromatic N) is 2. The van der Waals surface area contributed by atoms with Crippen LogP contribution in [-0.2, 0) is 6.42 Å². The number of rotatable bonds is 10. The second kappa shape index (κ2) is 10.6. The normalized spacial score (nSPS) is 11.9. The van der Waals surface area contributed by atoms with Crippen molar-refractivity contribution < 1.29 is 0 Å². The fourth-order valence-electron chi connectivity index (χ4n) is 2.26. The summed E-state index contributed by atoms with van der Waals surface area (Å²) < 4.78 is 0. The maximum absolute atomic E-state index is 5.87. The Morgan fingerprint density at radius 1 is 1.19 bits per heavy atom. The van der Waals surface area contributed by atoms with Crippen LogP contribution in [0.15, 0.2) is 4.99 Å². The lowest BCUT2D eigenvalue weighted by atomic mass is 10.1. The van der Waals surface area contributed by atoms with Gasteiger partial charge in [-0.3, -0.25) is 4.99 Å². The van der Waals surface area contributed by atoms with Crippen LogP contribution in [0.4, 0.5) is 0 Å². The van der Waals surface area contributed by atoms with Crippen LogP contribution in [0.3, 0.4) is 0 Å². The van der Waals surface area contributed by atoms with Gasteiger partial charge in [0.2, 0.25) is 0 Å². The first kappa shape index (κ1) is 18.0. The molecule has 0 bridgehead atoms.